The fraction of sp³-hybridized carbons (Fsp3) is 0.182. The summed E-state index contributed by atoms with van der Waals surface area (Å²) in [4.78, 5) is 3.85. The van der Waals surface area contributed by atoms with Gasteiger partial charge in [0.05, 0.1) is 18.1 Å². The second-order valence-electron chi connectivity index (χ2n) is 3.32. The summed E-state index contributed by atoms with van der Waals surface area (Å²) in [5.41, 5.74) is 0.901. The molecule has 0 saturated carbocycles. The molecule has 0 aliphatic heterocycles. The van der Waals surface area contributed by atoms with Gasteiger partial charge < -0.3 is 9.67 Å². The van der Waals surface area contributed by atoms with Crippen LogP contribution < -0.4 is 0 Å². The molecule has 2 rings (SSSR count). The molecular weight excluding hydrogens is 195 g/mol. The van der Waals surface area contributed by atoms with Crippen LogP contribution in [0, 0.1) is 5.82 Å². The van der Waals surface area contributed by atoms with Gasteiger partial charge in [-0.1, -0.05) is 12.1 Å². The molecule has 1 aromatic carbocycles. The molecule has 0 fully saturated rings. The van der Waals surface area contributed by atoms with Crippen LogP contribution in [-0.4, -0.2) is 14.7 Å². The van der Waals surface area contributed by atoms with E-state index >= 15 is 0 Å². The van der Waals surface area contributed by atoms with Crippen molar-refractivity contribution in [3.63, 3.8) is 0 Å². The first kappa shape index (κ1) is 9.86. The topological polar surface area (TPSA) is 38.0 Å². The van der Waals surface area contributed by atoms with Crippen LogP contribution in [0.4, 0.5) is 4.39 Å². The Labute approximate surface area is 86.8 Å². The Balaban J connectivity index is 2.63. The van der Waals surface area contributed by atoms with E-state index in [2.05, 4.69) is 4.98 Å². The van der Waals surface area contributed by atoms with Crippen LogP contribution in [0.3, 0.4) is 0 Å². The quantitative estimate of drug-likeness (QED) is 0.816. The summed E-state index contributed by atoms with van der Waals surface area (Å²) in [6, 6.07) is 4.64. The molecule has 0 aliphatic carbocycles. The molecule has 0 bridgehead atoms. The maximum absolute atomic E-state index is 13.6. The van der Waals surface area contributed by atoms with E-state index < -0.39 is 6.10 Å². The Morgan fingerprint density at radius 1 is 1.47 bits per heavy atom. The van der Waals surface area contributed by atoms with Gasteiger partial charge >= 0.3 is 0 Å². The van der Waals surface area contributed by atoms with Gasteiger partial charge in [0.2, 0.25) is 0 Å². The molecule has 3 nitrogen and oxygen atoms in total. The first-order chi connectivity index (χ1) is 7.20. The number of rotatable bonds is 2. The van der Waals surface area contributed by atoms with Gasteiger partial charge in [0, 0.05) is 18.0 Å². The summed E-state index contributed by atoms with van der Waals surface area (Å²) in [5, 5.41) is 9.53. The lowest BCUT2D eigenvalue weighted by Crippen LogP contribution is -2.03. The van der Waals surface area contributed by atoms with E-state index in [-0.39, 0.29) is 5.82 Å². The second kappa shape index (κ2) is 3.82. The van der Waals surface area contributed by atoms with E-state index in [0.717, 1.165) is 0 Å². The summed E-state index contributed by atoms with van der Waals surface area (Å²) in [5.74, 6) is -0.369. The second-order valence-corrected chi connectivity index (χ2v) is 3.32. The molecule has 15 heavy (non-hydrogen) atoms. The normalized spacial score (nSPS) is 12.7. The van der Waals surface area contributed by atoms with Gasteiger partial charge in [0.15, 0.2) is 0 Å². The molecule has 0 unspecified atom stereocenters. The van der Waals surface area contributed by atoms with Gasteiger partial charge in [-0.25, -0.2) is 9.37 Å². The smallest absolute Gasteiger partial charge is 0.147 e. The number of aromatic nitrogens is 2. The molecule has 1 atom stereocenters. The molecule has 2 aromatic rings. The van der Waals surface area contributed by atoms with Crippen LogP contribution >= 0.6 is 0 Å². The molecule has 1 heterocycles. The highest BCUT2D eigenvalue weighted by Crippen LogP contribution is 2.23. The third-order valence-corrected chi connectivity index (χ3v) is 2.23. The molecule has 0 radical (unpaired) electrons. The number of hydrogen-bond acceptors (Lipinski definition) is 2. The summed E-state index contributed by atoms with van der Waals surface area (Å²) in [6.07, 6.45) is 4.01. The van der Waals surface area contributed by atoms with E-state index in [0.29, 0.717) is 11.3 Å². The van der Waals surface area contributed by atoms with Crippen LogP contribution in [0.5, 0.6) is 0 Å². The van der Waals surface area contributed by atoms with Crippen LogP contribution in [-0.2, 0) is 0 Å². The van der Waals surface area contributed by atoms with E-state index in [4.69, 9.17) is 0 Å². The molecule has 4 heteroatoms. The molecule has 1 N–H and O–H groups in total. The fourth-order valence-corrected chi connectivity index (χ4v) is 1.53. The zero-order valence-electron chi connectivity index (χ0n) is 8.26. The molecule has 78 valence electrons. The van der Waals surface area contributed by atoms with Crippen molar-refractivity contribution >= 4 is 0 Å². The van der Waals surface area contributed by atoms with Crippen molar-refractivity contribution in [1.29, 1.82) is 0 Å². The van der Waals surface area contributed by atoms with Gasteiger partial charge in [0.1, 0.15) is 5.82 Å². The SMILES string of the molecule is C[C@@H](O)c1cccc(F)c1-n1ccnc1. The standard InChI is InChI=1S/C11H11FN2O/c1-8(15)9-3-2-4-10(12)11(9)14-6-5-13-7-14/h2-8,15H,1H3/t8-/m1/s1. The third kappa shape index (κ3) is 1.76. The van der Waals surface area contributed by atoms with Crippen molar-refractivity contribution in [2.24, 2.45) is 0 Å². The average molecular weight is 206 g/mol. The molecule has 0 saturated heterocycles. The minimum Gasteiger partial charge on any atom is -0.389 e. The summed E-state index contributed by atoms with van der Waals surface area (Å²) in [7, 11) is 0. The van der Waals surface area contributed by atoms with Crippen LogP contribution in [0.15, 0.2) is 36.9 Å². The van der Waals surface area contributed by atoms with Crippen LogP contribution in [0.2, 0.25) is 0 Å². The minimum absolute atomic E-state index is 0.352. The zero-order chi connectivity index (χ0) is 10.8. The van der Waals surface area contributed by atoms with Gasteiger partial charge in [-0.15, -0.1) is 0 Å². The summed E-state index contributed by atoms with van der Waals surface area (Å²) < 4.78 is 15.2. The highest BCUT2D eigenvalue weighted by molar-refractivity contribution is 5.43. The Bertz CT molecular complexity index is 452. The Morgan fingerprint density at radius 3 is 2.87 bits per heavy atom. The lowest BCUT2D eigenvalue weighted by molar-refractivity contribution is 0.198. The summed E-state index contributed by atoms with van der Waals surface area (Å²) in [6.45, 7) is 1.61. The van der Waals surface area contributed by atoms with Crippen molar-refractivity contribution in [3.8, 4) is 5.69 Å². The Morgan fingerprint density at radius 2 is 2.27 bits per heavy atom. The number of aliphatic hydroxyl groups excluding tert-OH is 1. The van der Waals surface area contributed by atoms with Gasteiger partial charge in [-0.2, -0.15) is 0 Å². The minimum atomic E-state index is -0.710. The van der Waals surface area contributed by atoms with E-state index in [1.807, 2.05) is 0 Å². The first-order valence-electron chi connectivity index (χ1n) is 4.65. The lowest BCUT2D eigenvalue weighted by Gasteiger charge is -2.13. The Kier molecular flexibility index (Phi) is 2.51. The highest BCUT2D eigenvalue weighted by atomic mass is 19.1. The van der Waals surface area contributed by atoms with Crippen LogP contribution in [0.1, 0.15) is 18.6 Å². The number of aliphatic hydroxyl groups is 1. The molecule has 0 spiro atoms. The van der Waals surface area contributed by atoms with Gasteiger partial charge in [-0.3, -0.25) is 0 Å². The maximum Gasteiger partial charge on any atom is 0.147 e. The molecule has 0 amide bonds. The molecule has 0 aliphatic rings. The van der Waals surface area contributed by atoms with Gasteiger partial charge in [-0.05, 0) is 13.0 Å². The summed E-state index contributed by atoms with van der Waals surface area (Å²) >= 11 is 0. The Hall–Kier alpha value is -1.68. The van der Waals surface area contributed by atoms with Crippen molar-refractivity contribution < 1.29 is 9.50 Å². The van der Waals surface area contributed by atoms with Crippen molar-refractivity contribution in [1.82, 2.24) is 9.55 Å². The highest BCUT2D eigenvalue weighted by Gasteiger charge is 2.13. The van der Waals surface area contributed by atoms with Gasteiger partial charge in [0.25, 0.3) is 0 Å². The molecule has 1 aromatic heterocycles. The molecular formula is C11H11FN2O. The van der Waals surface area contributed by atoms with Crippen molar-refractivity contribution in [3.05, 3.63) is 48.3 Å². The van der Waals surface area contributed by atoms with Crippen LogP contribution in [0.25, 0.3) is 5.69 Å². The zero-order valence-corrected chi connectivity index (χ0v) is 8.26. The number of nitrogens with zero attached hydrogens (tertiary/aromatic N) is 2. The first-order valence-corrected chi connectivity index (χ1v) is 4.65. The van der Waals surface area contributed by atoms with Crippen molar-refractivity contribution in [2.75, 3.05) is 0 Å². The number of imidazole rings is 1. The van der Waals surface area contributed by atoms with E-state index in [9.17, 15) is 9.50 Å². The average Bonchev–Trinajstić information content (AvgIpc) is 2.70. The fourth-order valence-electron chi connectivity index (χ4n) is 1.53. The number of para-hydroxylation sites is 1. The number of benzene rings is 1. The monoisotopic (exact) mass is 206 g/mol. The lowest BCUT2D eigenvalue weighted by atomic mass is 10.1. The predicted octanol–water partition coefficient (Wildman–Crippen LogP) is 2.06. The predicted molar refractivity (Wildman–Crippen MR) is 54.2 cm³/mol. The number of halogens is 1. The van der Waals surface area contributed by atoms with E-state index in [1.54, 1.807) is 36.0 Å². The van der Waals surface area contributed by atoms with Crippen molar-refractivity contribution in [2.45, 2.75) is 13.0 Å². The third-order valence-electron chi connectivity index (χ3n) is 2.23. The number of hydrogen-bond donors (Lipinski definition) is 1. The van der Waals surface area contributed by atoms with E-state index in [1.165, 1.54) is 12.4 Å². The largest absolute Gasteiger partial charge is 0.389 e. The maximum atomic E-state index is 13.6.